The maximum atomic E-state index is 12.0. The summed E-state index contributed by atoms with van der Waals surface area (Å²) in [4.78, 5) is 22.5. The van der Waals surface area contributed by atoms with Gasteiger partial charge in [-0.05, 0) is 87.1 Å². The summed E-state index contributed by atoms with van der Waals surface area (Å²) in [5, 5.41) is 15.3. The van der Waals surface area contributed by atoms with Crippen LogP contribution in [0.15, 0.2) is 42.5 Å². The third-order valence-electron chi connectivity index (χ3n) is 5.58. The van der Waals surface area contributed by atoms with Gasteiger partial charge in [-0.2, -0.15) is 0 Å². The minimum absolute atomic E-state index is 0.364. The maximum absolute atomic E-state index is 12.0. The van der Waals surface area contributed by atoms with E-state index in [2.05, 4.69) is 5.32 Å². The van der Waals surface area contributed by atoms with Crippen LogP contribution in [0.1, 0.15) is 52.0 Å². The molecule has 0 radical (unpaired) electrons. The number of nitrogens with one attached hydrogen (secondary N) is 1. The van der Waals surface area contributed by atoms with Crippen molar-refractivity contribution < 1.29 is 37.4 Å². The average Bonchev–Trinajstić information content (AvgIpc) is 2.89. The van der Waals surface area contributed by atoms with E-state index >= 15 is 0 Å². The Morgan fingerprint density at radius 3 is 2.16 bits per heavy atom. The van der Waals surface area contributed by atoms with Gasteiger partial charge in [0.1, 0.15) is 5.75 Å². The second-order valence-corrected chi connectivity index (χ2v) is 11.2. The van der Waals surface area contributed by atoms with Gasteiger partial charge in [0.15, 0.2) is 0 Å². The fourth-order valence-electron chi connectivity index (χ4n) is 3.88. The number of hydrogen-bond donors (Lipinski definition) is 1. The number of amides is 1. The first-order chi connectivity index (χ1) is 18.4. The summed E-state index contributed by atoms with van der Waals surface area (Å²) in [5.74, 6) is -0.426. The molecule has 10 heteroatoms. The number of carboxylic acids is 1. The number of ether oxygens (including phenoxy) is 2. The van der Waals surface area contributed by atoms with Crippen LogP contribution in [-0.2, 0) is 22.8 Å². The number of carbonyl (C=O) groups excluding carboxylic acids is 2. The van der Waals surface area contributed by atoms with Gasteiger partial charge in [-0.3, -0.25) is 0 Å². The Bertz CT molecular complexity index is 1010. The molecule has 0 aliphatic rings. The monoisotopic (exact) mass is 546 g/mol. The Balaban J connectivity index is 1.59. The minimum atomic E-state index is -2.77. The predicted octanol–water partition coefficient (Wildman–Crippen LogP) is 4.32. The molecule has 38 heavy (non-hydrogen) atoms. The highest BCUT2D eigenvalue weighted by atomic mass is 28.4. The van der Waals surface area contributed by atoms with Crippen molar-refractivity contribution >= 4 is 37.7 Å². The molecule has 2 rings (SSSR count). The van der Waals surface area contributed by atoms with E-state index in [4.69, 9.17) is 22.8 Å². The highest BCUT2D eigenvalue weighted by Crippen LogP contribution is 2.23. The molecule has 0 aliphatic heterocycles. The molecule has 210 valence electrons. The van der Waals surface area contributed by atoms with Gasteiger partial charge in [0, 0.05) is 32.4 Å². The lowest BCUT2D eigenvalue weighted by Gasteiger charge is -2.28. The molecule has 2 aromatic rings. The summed E-state index contributed by atoms with van der Waals surface area (Å²) < 4.78 is 28.5. The topological polar surface area (TPSA) is 115 Å². The fraction of sp³-hybridized carbons (Fsp3) is 0.500. The number of benzene rings is 2. The van der Waals surface area contributed by atoms with Crippen LogP contribution >= 0.6 is 0 Å². The molecule has 0 heterocycles. The highest BCUT2D eigenvalue weighted by Gasteiger charge is 2.40. The molecule has 0 bridgehead atoms. The van der Waals surface area contributed by atoms with Gasteiger partial charge in [-0.25, -0.2) is 4.79 Å². The predicted molar refractivity (Wildman–Crippen MR) is 147 cm³/mol. The number of alkyl carbamates (subject to hydrolysis) is 1. The summed E-state index contributed by atoms with van der Waals surface area (Å²) in [6.45, 7) is 8.53. The number of aliphatic carboxylic acids is 1. The molecular weight excluding hydrogens is 506 g/mol. The van der Waals surface area contributed by atoms with Crippen LogP contribution in [0.3, 0.4) is 0 Å². The van der Waals surface area contributed by atoms with Crippen molar-refractivity contribution in [2.45, 2.75) is 52.5 Å². The molecule has 2 aromatic carbocycles. The lowest BCUT2D eigenvalue weighted by molar-refractivity contribution is -0.297. The van der Waals surface area contributed by atoms with Crippen molar-refractivity contribution in [2.75, 3.05) is 39.6 Å². The number of hydrogen-bond acceptors (Lipinski definition) is 8. The van der Waals surface area contributed by atoms with Crippen LogP contribution in [-0.4, -0.2) is 60.4 Å². The summed E-state index contributed by atoms with van der Waals surface area (Å²) in [6.07, 6.45) is 5.67. The molecule has 0 spiro atoms. The second kappa shape index (κ2) is 17.6. The molecule has 0 fully saturated rings. The zero-order valence-corrected chi connectivity index (χ0v) is 23.7. The van der Waals surface area contributed by atoms with Gasteiger partial charge >= 0.3 is 14.9 Å². The van der Waals surface area contributed by atoms with Crippen LogP contribution < -0.4 is 15.2 Å². The Morgan fingerprint density at radius 2 is 1.50 bits per heavy atom. The lowest BCUT2D eigenvalue weighted by atomic mass is 10.1. The molecular formula is C28H40NO8Si-. The Hall–Kier alpha value is -2.92. The first kappa shape index (κ1) is 31.3. The zero-order valence-electron chi connectivity index (χ0n) is 22.7. The molecule has 0 aliphatic carbocycles. The van der Waals surface area contributed by atoms with E-state index < -0.39 is 20.9 Å². The van der Waals surface area contributed by atoms with Crippen LogP contribution in [0.5, 0.6) is 5.75 Å². The molecule has 1 amide bonds. The average molecular weight is 547 g/mol. The molecule has 0 unspecified atom stereocenters. The van der Waals surface area contributed by atoms with Gasteiger partial charge in [0.25, 0.3) is 0 Å². The third kappa shape index (κ3) is 11.6. The molecule has 0 saturated carbocycles. The molecule has 9 nitrogen and oxygen atoms in total. The van der Waals surface area contributed by atoms with E-state index in [0.29, 0.717) is 45.6 Å². The van der Waals surface area contributed by atoms with Crippen molar-refractivity contribution in [3.63, 3.8) is 0 Å². The summed E-state index contributed by atoms with van der Waals surface area (Å²) in [6, 6.07) is 12.0. The number of carbonyl (C=O) groups is 2. The first-order valence-corrected chi connectivity index (χ1v) is 15.2. The van der Waals surface area contributed by atoms with Crippen molar-refractivity contribution in [2.24, 2.45) is 0 Å². The Kier molecular flexibility index (Phi) is 14.5. The Labute approximate surface area is 226 Å². The van der Waals surface area contributed by atoms with Crippen molar-refractivity contribution in [1.29, 1.82) is 0 Å². The standard InChI is InChI=1S/C28H41NO8Si/c1-4-35-38(36-5-2,37-6-3)20-17-29-28(32)34-19-10-8-7-9-18-33-26-15-14-24-21-23(12-16-27(30)31)11-13-25(24)22-26/h11-16,21-22H,4-10,17-20H2,1-3H3,(H,29,32)(H,30,31)/p-1/b16-12+. The minimum Gasteiger partial charge on any atom is -0.545 e. The number of unbranched alkanes of at least 4 members (excludes halogenated alkanes) is 3. The van der Waals surface area contributed by atoms with E-state index in [1.54, 1.807) is 0 Å². The second-order valence-electron chi connectivity index (χ2n) is 8.48. The molecule has 1 N–H and O–H groups in total. The van der Waals surface area contributed by atoms with E-state index in [0.717, 1.165) is 53.8 Å². The Morgan fingerprint density at radius 1 is 0.868 bits per heavy atom. The largest absolute Gasteiger partial charge is 0.545 e. The highest BCUT2D eigenvalue weighted by molar-refractivity contribution is 6.60. The summed E-state index contributed by atoms with van der Waals surface area (Å²) in [5.41, 5.74) is 0.797. The van der Waals surface area contributed by atoms with E-state index in [1.807, 2.05) is 57.2 Å². The van der Waals surface area contributed by atoms with Gasteiger partial charge in [-0.15, -0.1) is 0 Å². The van der Waals surface area contributed by atoms with E-state index in [1.165, 1.54) is 6.08 Å². The number of fused-ring (bicyclic) bond motifs is 1. The van der Waals surface area contributed by atoms with Crippen molar-refractivity contribution in [3.8, 4) is 5.75 Å². The summed E-state index contributed by atoms with van der Waals surface area (Å²) in [7, 11) is -2.77. The first-order valence-electron chi connectivity index (χ1n) is 13.3. The van der Waals surface area contributed by atoms with Crippen molar-refractivity contribution in [1.82, 2.24) is 5.32 Å². The van der Waals surface area contributed by atoms with Crippen LogP contribution in [0, 0.1) is 0 Å². The molecule has 0 atom stereocenters. The van der Waals surface area contributed by atoms with Crippen LogP contribution in [0.2, 0.25) is 6.04 Å². The van der Waals surface area contributed by atoms with Crippen LogP contribution in [0.4, 0.5) is 4.79 Å². The normalized spacial score (nSPS) is 11.7. The van der Waals surface area contributed by atoms with Crippen molar-refractivity contribution in [3.05, 3.63) is 48.0 Å². The smallest absolute Gasteiger partial charge is 0.502 e. The lowest BCUT2D eigenvalue weighted by Crippen LogP contribution is -2.48. The van der Waals surface area contributed by atoms with E-state index in [9.17, 15) is 14.7 Å². The summed E-state index contributed by atoms with van der Waals surface area (Å²) >= 11 is 0. The van der Waals surface area contributed by atoms with Crippen LogP contribution in [0.25, 0.3) is 16.8 Å². The number of rotatable bonds is 19. The SMILES string of the molecule is CCO[Si](CCNC(=O)OCCCCCCOc1ccc2cc(/C=C/C(=O)[O-])ccc2c1)(OCC)OCC. The van der Waals surface area contributed by atoms with Gasteiger partial charge in [0.05, 0.1) is 19.2 Å². The quantitative estimate of drug-likeness (QED) is 0.157. The third-order valence-corrected chi connectivity index (χ3v) is 8.63. The zero-order chi connectivity index (χ0) is 27.6. The van der Waals surface area contributed by atoms with Gasteiger partial charge in [-0.1, -0.05) is 24.3 Å². The maximum Gasteiger partial charge on any atom is 0.502 e. The fourth-order valence-corrected chi connectivity index (χ4v) is 6.32. The van der Waals surface area contributed by atoms with Gasteiger partial charge in [0.2, 0.25) is 0 Å². The number of carboxylic acid groups (broad SMARTS) is 1. The molecule has 0 saturated heterocycles. The van der Waals surface area contributed by atoms with E-state index in [-0.39, 0.29) is 0 Å². The van der Waals surface area contributed by atoms with Gasteiger partial charge < -0.3 is 38.0 Å². The molecule has 0 aromatic heterocycles.